The monoisotopic (exact) mass is 184 g/mol. The molecule has 1 aliphatic carbocycles. The van der Waals surface area contributed by atoms with Gasteiger partial charge in [0.05, 0.1) is 6.10 Å². The maximum atomic E-state index is 11.0. The number of ether oxygens (including phenoxy) is 1. The van der Waals surface area contributed by atoms with Crippen LogP contribution >= 0.6 is 0 Å². The summed E-state index contributed by atoms with van der Waals surface area (Å²) >= 11 is 0. The number of hydrogen-bond donors (Lipinski definition) is 1. The summed E-state index contributed by atoms with van der Waals surface area (Å²) in [6.45, 7) is 0.669. The smallest absolute Gasteiger partial charge is 0.152 e. The van der Waals surface area contributed by atoms with E-state index < -0.39 is 5.60 Å². The second-order valence-electron chi connectivity index (χ2n) is 4.13. The molecule has 0 aromatic rings. The summed E-state index contributed by atoms with van der Waals surface area (Å²) in [4.78, 5) is 11.0. The van der Waals surface area contributed by atoms with E-state index in [-0.39, 0.29) is 12.0 Å². The van der Waals surface area contributed by atoms with E-state index in [1.54, 1.807) is 0 Å². The van der Waals surface area contributed by atoms with Crippen molar-refractivity contribution in [2.24, 2.45) is 5.92 Å². The highest BCUT2D eigenvalue weighted by atomic mass is 16.5. The first-order chi connectivity index (χ1) is 6.28. The summed E-state index contributed by atoms with van der Waals surface area (Å²) in [6, 6.07) is 0. The van der Waals surface area contributed by atoms with Gasteiger partial charge in [-0.1, -0.05) is 0 Å². The maximum absolute atomic E-state index is 11.0. The largest absolute Gasteiger partial charge is 0.393 e. The quantitative estimate of drug-likeness (QED) is 0.648. The fraction of sp³-hybridized carbons (Fsp3) is 0.900. The van der Waals surface area contributed by atoms with Gasteiger partial charge in [0.2, 0.25) is 0 Å². The third-order valence-corrected chi connectivity index (χ3v) is 3.40. The zero-order chi connectivity index (χ0) is 9.31. The van der Waals surface area contributed by atoms with E-state index in [4.69, 9.17) is 4.74 Å². The van der Waals surface area contributed by atoms with E-state index in [1.165, 1.54) is 0 Å². The third kappa shape index (κ3) is 1.40. The Kier molecular flexibility index (Phi) is 2.39. The lowest BCUT2D eigenvalue weighted by Crippen LogP contribution is -2.54. The van der Waals surface area contributed by atoms with Gasteiger partial charge in [-0.3, -0.25) is 0 Å². The van der Waals surface area contributed by atoms with Crippen LogP contribution in [0, 0.1) is 5.92 Å². The average molecular weight is 184 g/mol. The zero-order valence-electron chi connectivity index (χ0n) is 7.74. The number of aliphatic hydroxyl groups is 1. The van der Waals surface area contributed by atoms with Crippen LogP contribution < -0.4 is 0 Å². The lowest BCUT2D eigenvalue weighted by molar-refractivity contribution is -0.175. The highest BCUT2D eigenvalue weighted by Crippen LogP contribution is 2.42. The lowest BCUT2D eigenvalue weighted by Gasteiger charge is -2.46. The van der Waals surface area contributed by atoms with Crippen molar-refractivity contribution < 1.29 is 14.6 Å². The van der Waals surface area contributed by atoms with E-state index in [0.29, 0.717) is 6.61 Å². The molecule has 3 nitrogen and oxygen atoms in total. The molecule has 0 amide bonds. The Morgan fingerprint density at radius 2 is 2.23 bits per heavy atom. The molecule has 1 heterocycles. The Morgan fingerprint density at radius 3 is 2.62 bits per heavy atom. The molecule has 3 unspecified atom stereocenters. The Hall–Kier alpha value is -0.410. The van der Waals surface area contributed by atoms with Crippen LogP contribution in [-0.2, 0) is 9.53 Å². The summed E-state index contributed by atoms with van der Waals surface area (Å²) in [6.07, 6.45) is 5.23. The van der Waals surface area contributed by atoms with Gasteiger partial charge >= 0.3 is 0 Å². The lowest BCUT2D eigenvalue weighted by atomic mass is 9.68. The summed E-state index contributed by atoms with van der Waals surface area (Å²) in [5.74, 6) is 0.0605. The molecular weight excluding hydrogens is 168 g/mol. The highest BCUT2D eigenvalue weighted by Gasteiger charge is 2.48. The van der Waals surface area contributed by atoms with Gasteiger partial charge in [0.15, 0.2) is 6.29 Å². The molecule has 2 rings (SSSR count). The van der Waals surface area contributed by atoms with Gasteiger partial charge in [-0.2, -0.15) is 0 Å². The standard InChI is InChI=1S/C10H16O3/c11-7-10(5-1-2-6-13-10)8-3-4-9(8)12/h7-9,12H,1-6H2. The van der Waals surface area contributed by atoms with Gasteiger partial charge < -0.3 is 14.6 Å². The molecule has 2 fully saturated rings. The van der Waals surface area contributed by atoms with Gasteiger partial charge in [0.1, 0.15) is 5.60 Å². The molecule has 74 valence electrons. The number of aliphatic hydroxyl groups excluding tert-OH is 1. The average Bonchev–Trinajstić information content (AvgIpc) is 2.17. The number of aldehydes is 1. The van der Waals surface area contributed by atoms with Crippen molar-refractivity contribution >= 4 is 6.29 Å². The van der Waals surface area contributed by atoms with Crippen LogP contribution in [0.2, 0.25) is 0 Å². The van der Waals surface area contributed by atoms with Crippen LogP contribution in [0.3, 0.4) is 0 Å². The summed E-state index contributed by atoms with van der Waals surface area (Å²) in [7, 11) is 0. The molecule has 0 bridgehead atoms. The SMILES string of the molecule is O=CC1(C2CCC2O)CCCCO1. The van der Waals surface area contributed by atoms with Gasteiger partial charge in [-0.25, -0.2) is 0 Å². The number of rotatable bonds is 2. The first-order valence-electron chi connectivity index (χ1n) is 5.07. The normalized spacial score (nSPS) is 45.3. The van der Waals surface area contributed by atoms with Crippen LogP contribution in [0.4, 0.5) is 0 Å². The molecule has 13 heavy (non-hydrogen) atoms. The highest BCUT2D eigenvalue weighted by molar-refractivity contribution is 5.64. The minimum Gasteiger partial charge on any atom is -0.393 e. The molecule has 1 N–H and O–H groups in total. The van der Waals surface area contributed by atoms with Crippen molar-refractivity contribution in [3.8, 4) is 0 Å². The molecular formula is C10H16O3. The first-order valence-corrected chi connectivity index (χ1v) is 5.07. The van der Waals surface area contributed by atoms with Crippen molar-refractivity contribution in [1.82, 2.24) is 0 Å². The van der Waals surface area contributed by atoms with Gasteiger partial charge in [0.25, 0.3) is 0 Å². The van der Waals surface area contributed by atoms with E-state index >= 15 is 0 Å². The molecule has 1 aliphatic heterocycles. The van der Waals surface area contributed by atoms with Crippen molar-refractivity contribution in [2.45, 2.75) is 43.8 Å². The fourth-order valence-corrected chi connectivity index (χ4v) is 2.36. The zero-order valence-corrected chi connectivity index (χ0v) is 7.74. The summed E-state index contributed by atoms with van der Waals surface area (Å²) < 4.78 is 5.56. The van der Waals surface area contributed by atoms with Crippen LogP contribution in [-0.4, -0.2) is 29.7 Å². The van der Waals surface area contributed by atoms with E-state index in [0.717, 1.165) is 38.4 Å². The van der Waals surface area contributed by atoms with Crippen LogP contribution in [0.25, 0.3) is 0 Å². The molecule has 1 saturated carbocycles. The summed E-state index contributed by atoms with van der Waals surface area (Å²) in [5.41, 5.74) is -0.643. The Morgan fingerprint density at radius 1 is 1.38 bits per heavy atom. The maximum Gasteiger partial charge on any atom is 0.152 e. The van der Waals surface area contributed by atoms with Crippen molar-refractivity contribution in [3.63, 3.8) is 0 Å². The Balaban J connectivity index is 2.08. The first kappa shape index (κ1) is 9.16. The van der Waals surface area contributed by atoms with Gasteiger partial charge in [-0.15, -0.1) is 0 Å². The van der Waals surface area contributed by atoms with E-state index in [2.05, 4.69) is 0 Å². The van der Waals surface area contributed by atoms with E-state index in [9.17, 15) is 9.90 Å². The molecule has 2 aliphatic rings. The number of carbonyl (C=O) groups is 1. The molecule has 3 atom stereocenters. The second kappa shape index (κ2) is 3.39. The Bertz CT molecular complexity index is 196. The molecule has 0 spiro atoms. The van der Waals surface area contributed by atoms with Crippen LogP contribution in [0.1, 0.15) is 32.1 Å². The van der Waals surface area contributed by atoms with Crippen LogP contribution in [0.5, 0.6) is 0 Å². The van der Waals surface area contributed by atoms with Crippen molar-refractivity contribution in [1.29, 1.82) is 0 Å². The molecule has 0 radical (unpaired) electrons. The minimum atomic E-state index is -0.643. The Labute approximate surface area is 78.1 Å². The summed E-state index contributed by atoms with van der Waals surface area (Å²) in [5, 5.41) is 9.52. The topological polar surface area (TPSA) is 46.5 Å². The minimum absolute atomic E-state index is 0.0605. The molecule has 0 aromatic carbocycles. The van der Waals surface area contributed by atoms with E-state index in [1.807, 2.05) is 0 Å². The van der Waals surface area contributed by atoms with Gasteiger partial charge in [-0.05, 0) is 32.1 Å². The van der Waals surface area contributed by atoms with Gasteiger partial charge in [0, 0.05) is 12.5 Å². The number of carbonyl (C=O) groups excluding carboxylic acids is 1. The number of hydrogen-bond acceptors (Lipinski definition) is 3. The predicted octanol–water partition coefficient (Wildman–Crippen LogP) is 0.895. The van der Waals surface area contributed by atoms with Crippen LogP contribution in [0.15, 0.2) is 0 Å². The second-order valence-corrected chi connectivity index (χ2v) is 4.13. The van der Waals surface area contributed by atoms with Crippen molar-refractivity contribution in [2.75, 3.05) is 6.61 Å². The predicted molar refractivity (Wildman–Crippen MR) is 47.3 cm³/mol. The molecule has 0 aromatic heterocycles. The molecule has 1 saturated heterocycles. The molecule has 3 heteroatoms. The third-order valence-electron chi connectivity index (χ3n) is 3.40. The fourth-order valence-electron chi connectivity index (χ4n) is 2.36. The van der Waals surface area contributed by atoms with Crippen molar-refractivity contribution in [3.05, 3.63) is 0 Å².